The average molecular weight is 590 g/mol. The molecule has 12 heteroatoms. The van der Waals surface area contributed by atoms with Crippen molar-refractivity contribution in [3.05, 3.63) is 111 Å². The molecular formula is C32H31N9O3. The van der Waals surface area contributed by atoms with Crippen molar-refractivity contribution in [3.8, 4) is 11.8 Å². The van der Waals surface area contributed by atoms with Crippen LogP contribution in [0.4, 0.5) is 17.5 Å². The van der Waals surface area contributed by atoms with Gasteiger partial charge in [-0.05, 0) is 55.3 Å². The van der Waals surface area contributed by atoms with Gasteiger partial charge in [0.05, 0.1) is 34.0 Å². The number of amides is 1. The molecular weight excluding hydrogens is 558 g/mol. The summed E-state index contributed by atoms with van der Waals surface area (Å²) in [4.78, 5) is 41.6. The number of nitrogens with zero attached hydrogens (tertiary/aromatic N) is 6. The lowest BCUT2D eigenvalue weighted by molar-refractivity contribution is 0.0706. The highest BCUT2D eigenvalue weighted by Crippen LogP contribution is 2.29. The van der Waals surface area contributed by atoms with Gasteiger partial charge >= 0.3 is 0 Å². The third-order valence-electron chi connectivity index (χ3n) is 7.31. The van der Waals surface area contributed by atoms with Crippen molar-refractivity contribution in [3.63, 3.8) is 0 Å². The molecule has 0 aliphatic heterocycles. The van der Waals surface area contributed by atoms with Crippen molar-refractivity contribution in [1.29, 1.82) is 5.26 Å². The van der Waals surface area contributed by atoms with Crippen LogP contribution < -0.4 is 27.0 Å². The predicted molar refractivity (Wildman–Crippen MR) is 168 cm³/mol. The van der Waals surface area contributed by atoms with Gasteiger partial charge < -0.3 is 16.0 Å². The van der Waals surface area contributed by atoms with Crippen molar-refractivity contribution >= 4 is 34.3 Å². The van der Waals surface area contributed by atoms with E-state index in [1.54, 1.807) is 47.3 Å². The number of nitriles is 1. The molecule has 1 atom stereocenters. The number of rotatable bonds is 9. The number of carbonyl (C=O) groups is 1. The molecule has 12 nitrogen and oxygen atoms in total. The minimum absolute atomic E-state index is 0.0322. The zero-order chi connectivity index (χ0) is 31.4. The Bertz CT molecular complexity index is 1930. The number of hydrogen-bond acceptors (Lipinski definition) is 10. The molecule has 44 heavy (non-hydrogen) atoms. The Morgan fingerprint density at radius 3 is 2.45 bits per heavy atom. The second-order valence-electron chi connectivity index (χ2n) is 10.2. The molecule has 2 aromatic heterocycles. The van der Waals surface area contributed by atoms with Gasteiger partial charge in [0.1, 0.15) is 23.3 Å². The molecule has 2 heterocycles. The fourth-order valence-electron chi connectivity index (χ4n) is 5.14. The molecule has 0 saturated carbocycles. The number of nitrogens with one attached hydrogen (secondary N) is 2. The monoisotopic (exact) mass is 589 g/mol. The zero-order valence-electron chi connectivity index (χ0n) is 24.4. The molecule has 0 spiro atoms. The molecule has 0 aliphatic rings. The first-order chi connectivity index (χ1) is 21.2. The Morgan fingerprint density at radius 2 is 1.80 bits per heavy atom. The topological polar surface area (TPSA) is 175 Å². The number of nitrogens with two attached hydrogens (primary N) is 1. The number of fused-ring (bicyclic) bond motifs is 1. The van der Waals surface area contributed by atoms with E-state index in [4.69, 9.17) is 15.9 Å². The molecule has 222 valence electrons. The highest BCUT2D eigenvalue weighted by molar-refractivity contribution is 5.93. The third kappa shape index (κ3) is 5.77. The fourth-order valence-corrected chi connectivity index (χ4v) is 5.14. The van der Waals surface area contributed by atoms with Crippen LogP contribution in [0.2, 0.25) is 0 Å². The molecule has 1 amide bonds. The lowest BCUT2D eigenvalue weighted by Crippen LogP contribution is -2.30. The van der Waals surface area contributed by atoms with Crippen LogP contribution in [0.3, 0.4) is 0 Å². The summed E-state index contributed by atoms with van der Waals surface area (Å²) in [6.45, 7) is 4.08. The Balaban J connectivity index is 1.63. The lowest BCUT2D eigenvalue weighted by Gasteiger charge is -2.25. The summed E-state index contributed by atoms with van der Waals surface area (Å²) in [6.07, 6.45) is 0.516. The summed E-state index contributed by atoms with van der Waals surface area (Å²) < 4.78 is 1.59. The molecule has 0 fully saturated rings. The van der Waals surface area contributed by atoms with Crippen molar-refractivity contribution in [2.45, 2.75) is 32.9 Å². The van der Waals surface area contributed by atoms with E-state index in [0.29, 0.717) is 52.3 Å². The zero-order valence-corrected chi connectivity index (χ0v) is 24.4. The van der Waals surface area contributed by atoms with Crippen LogP contribution in [0, 0.1) is 18.3 Å². The van der Waals surface area contributed by atoms with Crippen LogP contribution in [0.15, 0.2) is 77.6 Å². The van der Waals surface area contributed by atoms with Crippen LogP contribution in [0.25, 0.3) is 16.6 Å². The minimum Gasteiger partial charge on any atom is -0.370 e. The summed E-state index contributed by atoms with van der Waals surface area (Å²) in [7, 11) is 1.88. The number of nitrogen functional groups attached to an aromatic ring is 1. The number of para-hydroxylation sites is 1. The molecule has 5 N–H and O–H groups in total. The van der Waals surface area contributed by atoms with Crippen molar-refractivity contribution in [2.24, 2.45) is 0 Å². The number of hydrogen-bond donors (Lipinski definition) is 4. The van der Waals surface area contributed by atoms with E-state index in [-0.39, 0.29) is 22.9 Å². The van der Waals surface area contributed by atoms with Crippen molar-refractivity contribution in [1.82, 2.24) is 25.0 Å². The van der Waals surface area contributed by atoms with E-state index >= 15 is 0 Å². The maximum Gasteiger partial charge on any atom is 0.274 e. The van der Waals surface area contributed by atoms with Crippen LogP contribution in [-0.2, 0) is 6.54 Å². The molecule has 3 aromatic carbocycles. The molecule has 0 bridgehead atoms. The van der Waals surface area contributed by atoms with E-state index in [9.17, 15) is 14.9 Å². The molecule has 5 aromatic rings. The van der Waals surface area contributed by atoms with E-state index in [1.165, 1.54) is 0 Å². The standard InChI is InChI=1S/C32H31N9O3/c1-4-24(36-28-23(17-33)19(2)35-32(34)38-28)29-37-25-11-8-12-26(27(25)31(43)41(29)22-9-6-5-7-10-22)40(3)18-20-13-15-21(16-14-20)30(42)39-44/h5-16,24,44H,4,18H2,1-3H3,(H,39,42)(H3,34,35,36,38). The van der Waals surface area contributed by atoms with Gasteiger partial charge in [0.25, 0.3) is 11.5 Å². The lowest BCUT2D eigenvalue weighted by atomic mass is 10.1. The van der Waals surface area contributed by atoms with E-state index in [0.717, 1.165) is 5.56 Å². The number of aryl methyl sites for hydroxylation is 1. The van der Waals surface area contributed by atoms with Crippen molar-refractivity contribution < 1.29 is 10.0 Å². The summed E-state index contributed by atoms with van der Waals surface area (Å²) in [5.74, 6) is 0.163. The van der Waals surface area contributed by atoms with E-state index in [2.05, 4.69) is 21.4 Å². The Kier molecular flexibility index (Phi) is 8.50. The molecule has 0 saturated heterocycles. The maximum absolute atomic E-state index is 14.5. The summed E-state index contributed by atoms with van der Waals surface area (Å²) in [5.41, 5.74) is 11.0. The normalized spacial score (nSPS) is 11.5. The first-order valence-electron chi connectivity index (χ1n) is 13.9. The van der Waals surface area contributed by atoms with E-state index in [1.807, 2.05) is 61.3 Å². The van der Waals surface area contributed by atoms with Crippen LogP contribution >= 0.6 is 0 Å². The highest BCUT2D eigenvalue weighted by Gasteiger charge is 2.24. The van der Waals surface area contributed by atoms with Gasteiger partial charge in [0, 0.05) is 19.2 Å². The predicted octanol–water partition coefficient (Wildman–Crippen LogP) is 4.26. The maximum atomic E-state index is 14.5. The van der Waals surface area contributed by atoms with E-state index < -0.39 is 11.9 Å². The van der Waals surface area contributed by atoms with Gasteiger partial charge in [0.2, 0.25) is 5.95 Å². The average Bonchev–Trinajstić information content (AvgIpc) is 3.03. The Labute approximate surface area is 253 Å². The third-order valence-corrected chi connectivity index (χ3v) is 7.31. The van der Waals surface area contributed by atoms with Gasteiger partial charge in [-0.15, -0.1) is 0 Å². The second-order valence-corrected chi connectivity index (χ2v) is 10.2. The minimum atomic E-state index is -0.593. The van der Waals surface area contributed by atoms with Crippen molar-refractivity contribution in [2.75, 3.05) is 23.0 Å². The quantitative estimate of drug-likeness (QED) is 0.144. The number of anilines is 3. The molecule has 0 aliphatic carbocycles. The van der Waals surface area contributed by atoms with Crippen LogP contribution in [0.1, 0.15) is 52.4 Å². The summed E-state index contributed by atoms with van der Waals surface area (Å²) in [6, 6.07) is 23.2. The summed E-state index contributed by atoms with van der Waals surface area (Å²) in [5, 5.41) is 22.4. The summed E-state index contributed by atoms with van der Waals surface area (Å²) >= 11 is 0. The first kappa shape index (κ1) is 29.7. The molecule has 1 unspecified atom stereocenters. The number of hydroxylamine groups is 1. The van der Waals surface area contributed by atoms with Gasteiger partial charge in [0.15, 0.2) is 0 Å². The van der Waals surface area contributed by atoms with Gasteiger partial charge in [-0.2, -0.15) is 10.2 Å². The first-order valence-corrected chi connectivity index (χ1v) is 13.9. The Hall–Kier alpha value is -5.80. The molecule has 0 radical (unpaired) electrons. The van der Waals surface area contributed by atoms with Crippen LogP contribution in [-0.4, -0.2) is 37.7 Å². The van der Waals surface area contributed by atoms with Gasteiger partial charge in [-0.25, -0.2) is 15.4 Å². The van der Waals surface area contributed by atoms with Gasteiger partial charge in [-0.3, -0.25) is 19.4 Å². The number of benzene rings is 3. The highest BCUT2D eigenvalue weighted by atomic mass is 16.5. The van der Waals surface area contributed by atoms with Crippen LogP contribution in [0.5, 0.6) is 0 Å². The number of aromatic nitrogens is 4. The largest absolute Gasteiger partial charge is 0.370 e. The SMILES string of the molecule is CCC(Nc1nc(N)nc(C)c1C#N)c1nc2cccc(N(C)Cc3ccc(C(=O)NO)cc3)c2c(=O)n1-c1ccccc1. The molecule has 5 rings (SSSR count). The number of carbonyl (C=O) groups excluding carboxylic acids is 1. The fraction of sp³-hybridized carbons (Fsp3) is 0.188. The second kappa shape index (κ2) is 12.6. The Morgan fingerprint density at radius 1 is 1.07 bits per heavy atom. The smallest absolute Gasteiger partial charge is 0.274 e. The van der Waals surface area contributed by atoms with Gasteiger partial charge in [-0.1, -0.05) is 43.3 Å².